The summed E-state index contributed by atoms with van der Waals surface area (Å²) in [4.78, 5) is 4.67. The summed E-state index contributed by atoms with van der Waals surface area (Å²) in [7, 11) is 0. The number of hydrogen-bond acceptors (Lipinski definition) is 3. The molecule has 3 rings (SSSR count). The van der Waals surface area contributed by atoms with E-state index in [1.807, 2.05) is 11.3 Å². The summed E-state index contributed by atoms with van der Waals surface area (Å²) in [6.45, 7) is 4.46. The van der Waals surface area contributed by atoms with E-state index in [9.17, 15) is 0 Å². The minimum atomic E-state index is 0.812. The molecule has 0 radical (unpaired) electrons. The van der Waals surface area contributed by atoms with E-state index in [0.717, 1.165) is 30.9 Å². The maximum atomic E-state index is 4.67. The number of fused-ring (bicyclic) bond motifs is 1. The van der Waals surface area contributed by atoms with Gasteiger partial charge in [0.2, 0.25) is 0 Å². The van der Waals surface area contributed by atoms with Crippen molar-refractivity contribution in [2.24, 2.45) is 5.92 Å². The van der Waals surface area contributed by atoms with Crippen LogP contribution in [0.15, 0.2) is 18.2 Å². The fourth-order valence-electron chi connectivity index (χ4n) is 1.91. The van der Waals surface area contributed by atoms with E-state index in [1.54, 1.807) is 0 Å². The molecule has 1 N–H and O–H groups in total. The first-order chi connectivity index (χ1) is 7.31. The number of hydrogen-bond donors (Lipinski definition) is 1. The van der Waals surface area contributed by atoms with Gasteiger partial charge in [-0.25, -0.2) is 4.98 Å². The van der Waals surface area contributed by atoms with Crippen molar-refractivity contribution in [3.8, 4) is 0 Å². The van der Waals surface area contributed by atoms with Crippen molar-refractivity contribution >= 4 is 21.6 Å². The summed E-state index contributed by atoms with van der Waals surface area (Å²) in [6.07, 6.45) is 1.14. The maximum Gasteiger partial charge on any atom is 0.0942 e. The van der Waals surface area contributed by atoms with Crippen molar-refractivity contribution in [1.29, 1.82) is 0 Å². The third-order valence-electron chi connectivity index (χ3n) is 2.92. The van der Waals surface area contributed by atoms with Crippen LogP contribution in [0.3, 0.4) is 0 Å². The normalized spacial score (nSPS) is 16.9. The number of benzene rings is 1. The Morgan fingerprint density at radius 1 is 1.47 bits per heavy atom. The van der Waals surface area contributed by atoms with Crippen LogP contribution in [0.5, 0.6) is 0 Å². The molecule has 2 nitrogen and oxygen atoms in total. The average molecular weight is 218 g/mol. The van der Waals surface area contributed by atoms with Gasteiger partial charge in [0.05, 0.1) is 15.2 Å². The Morgan fingerprint density at radius 3 is 3.07 bits per heavy atom. The zero-order chi connectivity index (χ0) is 10.3. The van der Waals surface area contributed by atoms with E-state index in [1.165, 1.54) is 15.3 Å². The monoisotopic (exact) mass is 218 g/mol. The highest BCUT2D eigenvalue weighted by molar-refractivity contribution is 7.18. The summed E-state index contributed by atoms with van der Waals surface area (Å²) < 4.78 is 1.33. The van der Waals surface area contributed by atoms with Crippen LogP contribution in [-0.2, 0) is 6.42 Å². The van der Waals surface area contributed by atoms with Crippen LogP contribution in [0.25, 0.3) is 10.2 Å². The SMILES string of the molecule is Cc1ccc2nc(CC3CNC3)sc2c1. The van der Waals surface area contributed by atoms with Crippen molar-refractivity contribution in [3.63, 3.8) is 0 Å². The van der Waals surface area contributed by atoms with Crippen LogP contribution in [0.4, 0.5) is 0 Å². The molecule has 2 heterocycles. The molecule has 1 aromatic heterocycles. The third-order valence-corrected chi connectivity index (χ3v) is 3.96. The van der Waals surface area contributed by atoms with Crippen molar-refractivity contribution in [2.75, 3.05) is 13.1 Å². The number of aryl methyl sites for hydroxylation is 1. The molecular formula is C12H14N2S. The average Bonchev–Trinajstić information content (AvgIpc) is 2.53. The second-order valence-corrected chi connectivity index (χ2v) is 5.42. The Balaban J connectivity index is 1.91. The molecule has 0 spiro atoms. The van der Waals surface area contributed by atoms with Crippen molar-refractivity contribution in [3.05, 3.63) is 28.8 Å². The van der Waals surface area contributed by atoms with E-state index < -0.39 is 0 Å². The molecule has 0 unspecified atom stereocenters. The molecule has 15 heavy (non-hydrogen) atoms. The van der Waals surface area contributed by atoms with E-state index in [-0.39, 0.29) is 0 Å². The molecule has 1 aromatic carbocycles. The molecule has 1 fully saturated rings. The van der Waals surface area contributed by atoms with Gasteiger partial charge in [0, 0.05) is 6.42 Å². The topological polar surface area (TPSA) is 24.9 Å². The predicted molar refractivity (Wildman–Crippen MR) is 64.4 cm³/mol. The Labute approximate surface area is 93.3 Å². The van der Waals surface area contributed by atoms with Gasteiger partial charge in [-0.3, -0.25) is 0 Å². The molecule has 0 saturated carbocycles. The lowest BCUT2D eigenvalue weighted by Gasteiger charge is -2.25. The highest BCUT2D eigenvalue weighted by Gasteiger charge is 2.18. The Kier molecular flexibility index (Phi) is 2.22. The summed E-state index contributed by atoms with van der Waals surface area (Å²) in [5, 5.41) is 4.59. The van der Waals surface area contributed by atoms with Crippen LogP contribution in [0.1, 0.15) is 10.6 Å². The zero-order valence-corrected chi connectivity index (χ0v) is 9.60. The molecule has 1 aliphatic rings. The van der Waals surface area contributed by atoms with Gasteiger partial charge in [0.25, 0.3) is 0 Å². The molecule has 3 heteroatoms. The van der Waals surface area contributed by atoms with Crippen LogP contribution in [0.2, 0.25) is 0 Å². The minimum Gasteiger partial charge on any atom is -0.316 e. The van der Waals surface area contributed by atoms with Crippen LogP contribution in [0, 0.1) is 12.8 Å². The second-order valence-electron chi connectivity index (χ2n) is 4.31. The maximum absolute atomic E-state index is 4.67. The van der Waals surface area contributed by atoms with Crippen molar-refractivity contribution in [2.45, 2.75) is 13.3 Å². The fraction of sp³-hybridized carbons (Fsp3) is 0.417. The Hall–Kier alpha value is -0.930. The van der Waals surface area contributed by atoms with Crippen molar-refractivity contribution < 1.29 is 0 Å². The van der Waals surface area contributed by atoms with Gasteiger partial charge < -0.3 is 5.32 Å². The molecule has 0 amide bonds. The quantitative estimate of drug-likeness (QED) is 0.837. The highest BCUT2D eigenvalue weighted by Crippen LogP contribution is 2.25. The lowest BCUT2D eigenvalue weighted by molar-refractivity contribution is 0.346. The lowest BCUT2D eigenvalue weighted by Crippen LogP contribution is -2.43. The Morgan fingerprint density at radius 2 is 2.33 bits per heavy atom. The first kappa shape index (κ1) is 9.31. The molecule has 1 saturated heterocycles. The van der Waals surface area contributed by atoms with E-state index in [0.29, 0.717) is 0 Å². The number of rotatable bonds is 2. The van der Waals surface area contributed by atoms with Gasteiger partial charge in [0.15, 0.2) is 0 Å². The molecule has 0 atom stereocenters. The van der Waals surface area contributed by atoms with Crippen LogP contribution < -0.4 is 5.32 Å². The van der Waals surface area contributed by atoms with E-state index in [4.69, 9.17) is 0 Å². The standard InChI is InChI=1S/C12H14N2S/c1-8-2-3-10-11(4-8)15-12(14-10)5-9-6-13-7-9/h2-4,9,13H,5-7H2,1H3. The van der Waals surface area contributed by atoms with Crippen LogP contribution in [-0.4, -0.2) is 18.1 Å². The summed E-state index contributed by atoms with van der Waals surface area (Å²) in [5.74, 6) is 0.812. The summed E-state index contributed by atoms with van der Waals surface area (Å²) in [6, 6.07) is 6.50. The number of nitrogens with zero attached hydrogens (tertiary/aromatic N) is 1. The molecule has 78 valence electrons. The van der Waals surface area contributed by atoms with E-state index >= 15 is 0 Å². The third kappa shape index (κ3) is 1.77. The van der Waals surface area contributed by atoms with Gasteiger partial charge in [-0.15, -0.1) is 11.3 Å². The van der Waals surface area contributed by atoms with Crippen molar-refractivity contribution in [1.82, 2.24) is 10.3 Å². The Bertz CT molecular complexity index is 485. The molecule has 0 aliphatic carbocycles. The molecular weight excluding hydrogens is 204 g/mol. The van der Waals surface area contributed by atoms with Gasteiger partial charge in [-0.1, -0.05) is 6.07 Å². The minimum absolute atomic E-state index is 0.812. The highest BCUT2D eigenvalue weighted by atomic mass is 32.1. The summed E-state index contributed by atoms with van der Waals surface area (Å²) >= 11 is 1.85. The second kappa shape index (κ2) is 3.58. The first-order valence-corrected chi connectivity index (χ1v) is 6.20. The van der Waals surface area contributed by atoms with Gasteiger partial charge in [-0.05, 0) is 43.6 Å². The largest absolute Gasteiger partial charge is 0.316 e. The number of nitrogens with one attached hydrogen (secondary N) is 1. The molecule has 1 aliphatic heterocycles. The van der Waals surface area contributed by atoms with Gasteiger partial charge >= 0.3 is 0 Å². The smallest absolute Gasteiger partial charge is 0.0942 e. The zero-order valence-electron chi connectivity index (χ0n) is 8.79. The molecule has 2 aromatic rings. The summed E-state index contributed by atoms with van der Waals surface area (Å²) in [5.41, 5.74) is 2.48. The predicted octanol–water partition coefficient (Wildman–Crippen LogP) is 2.37. The van der Waals surface area contributed by atoms with Crippen LogP contribution >= 0.6 is 11.3 Å². The number of aromatic nitrogens is 1. The van der Waals surface area contributed by atoms with Gasteiger partial charge in [0.1, 0.15) is 0 Å². The number of thiazole rings is 1. The van der Waals surface area contributed by atoms with E-state index in [2.05, 4.69) is 35.4 Å². The first-order valence-electron chi connectivity index (χ1n) is 5.38. The lowest BCUT2D eigenvalue weighted by atomic mass is 10.0. The fourth-order valence-corrected chi connectivity index (χ4v) is 3.09. The molecule has 0 bridgehead atoms. The van der Waals surface area contributed by atoms with Gasteiger partial charge in [-0.2, -0.15) is 0 Å².